The molecule has 3 nitrogen and oxygen atoms in total. The van der Waals surface area contributed by atoms with E-state index in [0.717, 1.165) is 11.1 Å². The van der Waals surface area contributed by atoms with Crippen LogP contribution in [0.2, 0.25) is 0 Å². The fraction of sp³-hybridized carbons (Fsp3) is 0.200. The normalized spacial score (nSPS) is 10.2. The lowest BCUT2D eigenvalue weighted by molar-refractivity contribution is 0.366. The Morgan fingerprint density at radius 3 is 2.06 bits per heavy atom. The fourth-order valence-electron chi connectivity index (χ4n) is 1.69. The van der Waals surface area contributed by atoms with Gasteiger partial charge < -0.3 is 14.6 Å². The van der Waals surface area contributed by atoms with Crippen molar-refractivity contribution in [3.05, 3.63) is 47.5 Å². The number of ether oxygens (including phenoxy) is 2. The van der Waals surface area contributed by atoms with Crippen molar-refractivity contribution in [3.8, 4) is 23.0 Å². The summed E-state index contributed by atoms with van der Waals surface area (Å²) < 4.78 is 10.9. The van der Waals surface area contributed by atoms with Crippen molar-refractivity contribution in [2.24, 2.45) is 0 Å². The number of hydrogen-bond donors (Lipinski definition) is 1. The summed E-state index contributed by atoms with van der Waals surface area (Å²) in [4.78, 5) is 0. The molecule has 94 valence electrons. The van der Waals surface area contributed by atoms with Gasteiger partial charge in [0, 0.05) is 0 Å². The fourth-order valence-corrected chi connectivity index (χ4v) is 1.69. The summed E-state index contributed by atoms with van der Waals surface area (Å²) in [5, 5.41) is 9.81. The standard InChI is InChI=1S/C15H16O3/c1-10-4-6-13(12(16)8-10)18-14-7-5-11(2)9-15(14)17-3/h4-9,16H,1-3H3. The second-order valence-corrected chi connectivity index (χ2v) is 4.23. The molecule has 0 fully saturated rings. The van der Waals surface area contributed by atoms with Crippen LogP contribution < -0.4 is 9.47 Å². The molecule has 1 N–H and O–H groups in total. The van der Waals surface area contributed by atoms with E-state index in [4.69, 9.17) is 9.47 Å². The molecule has 0 saturated carbocycles. The van der Waals surface area contributed by atoms with Crippen molar-refractivity contribution < 1.29 is 14.6 Å². The number of hydrogen-bond acceptors (Lipinski definition) is 3. The Balaban J connectivity index is 2.33. The van der Waals surface area contributed by atoms with Gasteiger partial charge in [0.1, 0.15) is 0 Å². The lowest BCUT2D eigenvalue weighted by atomic mass is 10.2. The molecule has 0 amide bonds. The van der Waals surface area contributed by atoms with Crippen LogP contribution in [-0.2, 0) is 0 Å². The quantitative estimate of drug-likeness (QED) is 0.892. The van der Waals surface area contributed by atoms with E-state index < -0.39 is 0 Å². The summed E-state index contributed by atoms with van der Waals surface area (Å²) in [6.07, 6.45) is 0. The van der Waals surface area contributed by atoms with Gasteiger partial charge in [-0.05, 0) is 49.2 Å². The van der Waals surface area contributed by atoms with Crippen molar-refractivity contribution in [2.45, 2.75) is 13.8 Å². The third kappa shape index (κ3) is 2.56. The molecule has 0 aliphatic heterocycles. The minimum Gasteiger partial charge on any atom is -0.504 e. The van der Waals surface area contributed by atoms with E-state index in [2.05, 4.69) is 0 Å². The van der Waals surface area contributed by atoms with Crippen molar-refractivity contribution in [2.75, 3.05) is 7.11 Å². The summed E-state index contributed by atoms with van der Waals surface area (Å²) in [7, 11) is 1.59. The molecule has 0 atom stereocenters. The summed E-state index contributed by atoms with van der Waals surface area (Å²) in [5.41, 5.74) is 2.07. The third-order valence-corrected chi connectivity index (χ3v) is 2.65. The molecule has 0 radical (unpaired) electrons. The van der Waals surface area contributed by atoms with Crippen LogP contribution in [0.15, 0.2) is 36.4 Å². The zero-order valence-corrected chi connectivity index (χ0v) is 10.7. The molecule has 0 aromatic heterocycles. The molecule has 3 heteroatoms. The molecule has 0 aliphatic carbocycles. The van der Waals surface area contributed by atoms with E-state index in [9.17, 15) is 5.11 Å². The highest BCUT2D eigenvalue weighted by molar-refractivity contribution is 5.49. The molecule has 2 rings (SSSR count). The van der Waals surface area contributed by atoms with Gasteiger partial charge in [-0.1, -0.05) is 12.1 Å². The Morgan fingerprint density at radius 2 is 1.44 bits per heavy atom. The number of phenolic OH excluding ortho intramolecular Hbond substituents is 1. The molecule has 0 aliphatic rings. The largest absolute Gasteiger partial charge is 0.504 e. The monoisotopic (exact) mass is 244 g/mol. The Bertz CT molecular complexity index is 562. The van der Waals surface area contributed by atoms with E-state index in [1.54, 1.807) is 19.2 Å². The molecule has 0 heterocycles. The van der Waals surface area contributed by atoms with Crippen LogP contribution in [0.5, 0.6) is 23.0 Å². The van der Waals surface area contributed by atoms with Gasteiger partial charge in [-0.25, -0.2) is 0 Å². The Kier molecular flexibility index (Phi) is 3.42. The number of aryl methyl sites for hydroxylation is 2. The van der Waals surface area contributed by atoms with E-state index >= 15 is 0 Å². The molecule has 0 spiro atoms. The van der Waals surface area contributed by atoms with Crippen molar-refractivity contribution in [3.63, 3.8) is 0 Å². The van der Waals surface area contributed by atoms with E-state index in [-0.39, 0.29) is 5.75 Å². The van der Waals surface area contributed by atoms with Gasteiger partial charge >= 0.3 is 0 Å². The van der Waals surface area contributed by atoms with E-state index in [1.165, 1.54) is 0 Å². The highest BCUT2D eigenvalue weighted by atomic mass is 16.5. The summed E-state index contributed by atoms with van der Waals surface area (Å²) in [5.74, 6) is 1.78. The maximum atomic E-state index is 9.81. The van der Waals surface area contributed by atoms with E-state index in [0.29, 0.717) is 17.2 Å². The van der Waals surface area contributed by atoms with Gasteiger partial charge in [-0.3, -0.25) is 0 Å². The van der Waals surface area contributed by atoms with Crippen LogP contribution in [0.3, 0.4) is 0 Å². The summed E-state index contributed by atoms with van der Waals surface area (Å²) in [6.45, 7) is 3.89. The molecule has 2 aromatic carbocycles. The summed E-state index contributed by atoms with van der Waals surface area (Å²) >= 11 is 0. The lowest BCUT2D eigenvalue weighted by Gasteiger charge is -2.12. The van der Waals surface area contributed by atoms with Gasteiger partial charge in [-0.15, -0.1) is 0 Å². The Morgan fingerprint density at radius 1 is 0.833 bits per heavy atom. The number of aromatic hydroxyl groups is 1. The minimum atomic E-state index is 0.123. The molecule has 18 heavy (non-hydrogen) atoms. The van der Waals surface area contributed by atoms with Crippen molar-refractivity contribution in [1.29, 1.82) is 0 Å². The lowest BCUT2D eigenvalue weighted by Crippen LogP contribution is -1.91. The third-order valence-electron chi connectivity index (χ3n) is 2.65. The summed E-state index contributed by atoms with van der Waals surface area (Å²) in [6, 6.07) is 10.9. The Hall–Kier alpha value is -2.16. The smallest absolute Gasteiger partial charge is 0.169 e. The number of rotatable bonds is 3. The molecule has 0 saturated heterocycles. The van der Waals surface area contributed by atoms with Crippen LogP contribution in [-0.4, -0.2) is 12.2 Å². The average molecular weight is 244 g/mol. The van der Waals surface area contributed by atoms with Crippen molar-refractivity contribution >= 4 is 0 Å². The first kappa shape index (κ1) is 12.3. The Labute approximate surface area is 107 Å². The van der Waals surface area contributed by atoms with Gasteiger partial charge in [-0.2, -0.15) is 0 Å². The number of benzene rings is 2. The zero-order valence-electron chi connectivity index (χ0n) is 10.7. The van der Waals surface area contributed by atoms with Crippen LogP contribution in [0.1, 0.15) is 11.1 Å². The SMILES string of the molecule is COc1cc(C)ccc1Oc1ccc(C)cc1O. The molecule has 0 bridgehead atoms. The predicted molar refractivity (Wildman–Crippen MR) is 70.6 cm³/mol. The topological polar surface area (TPSA) is 38.7 Å². The maximum Gasteiger partial charge on any atom is 0.169 e. The first-order valence-corrected chi connectivity index (χ1v) is 5.72. The highest BCUT2D eigenvalue weighted by Crippen LogP contribution is 2.36. The minimum absolute atomic E-state index is 0.123. The highest BCUT2D eigenvalue weighted by Gasteiger charge is 2.08. The van der Waals surface area contributed by atoms with Crippen molar-refractivity contribution in [1.82, 2.24) is 0 Å². The molecular formula is C15H16O3. The molecule has 0 unspecified atom stereocenters. The van der Waals surface area contributed by atoms with Gasteiger partial charge in [0.15, 0.2) is 23.0 Å². The van der Waals surface area contributed by atoms with Gasteiger partial charge in [0.25, 0.3) is 0 Å². The average Bonchev–Trinajstić information content (AvgIpc) is 2.34. The van der Waals surface area contributed by atoms with Gasteiger partial charge in [0.2, 0.25) is 0 Å². The predicted octanol–water partition coefficient (Wildman–Crippen LogP) is 3.81. The van der Waals surface area contributed by atoms with Crippen LogP contribution in [0, 0.1) is 13.8 Å². The number of methoxy groups -OCH3 is 1. The number of phenols is 1. The van der Waals surface area contributed by atoms with E-state index in [1.807, 2.05) is 38.1 Å². The van der Waals surface area contributed by atoms with Crippen LogP contribution in [0.25, 0.3) is 0 Å². The molecular weight excluding hydrogens is 228 g/mol. The first-order chi connectivity index (χ1) is 8.60. The molecule has 2 aromatic rings. The van der Waals surface area contributed by atoms with Crippen LogP contribution >= 0.6 is 0 Å². The first-order valence-electron chi connectivity index (χ1n) is 5.72. The van der Waals surface area contributed by atoms with Crippen LogP contribution in [0.4, 0.5) is 0 Å². The second-order valence-electron chi connectivity index (χ2n) is 4.23. The van der Waals surface area contributed by atoms with Gasteiger partial charge in [0.05, 0.1) is 7.11 Å². The second kappa shape index (κ2) is 5.00. The zero-order chi connectivity index (χ0) is 13.1. The maximum absolute atomic E-state index is 9.81.